The Hall–Kier alpha value is -2.64. The smallest absolute Gasteiger partial charge is 0.210 e. The first-order valence-electron chi connectivity index (χ1n) is 21.6. The van der Waals surface area contributed by atoms with E-state index in [-0.39, 0.29) is 15.5 Å². The number of hydrogen-bond donors (Lipinski definition) is 0. The molecule has 0 N–H and O–H groups in total. The molecule has 1 atom stereocenters. The highest BCUT2D eigenvalue weighted by molar-refractivity contribution is 7.91. The third-order valence-electron chi connectivity index (χ3n) is 12.5. The van der Waals surface area contributed by atoms with Crippen molar-refractivity contribution in [2.45, 2.75) is 131 Å². The van der Waals surface area contributed by atoms with E-state index in [1.54, 1.807) is 12.3 Å². The number of likely N-dealkylation sites (N-methyl/N-ethyl adjacent to an activating group) is 1. The number of benzene rings is 2. The van der Waals surface area contributed by atoms with Crippen LogP contribution in [0.15, 0.2) is 57.3 Å². The van der Waals surface area contributed by atoms with Gasteiger partial charge in [-0.15, -0.1) is 0 Å². The molecular formula is C44H66FN5O4S2. The summed E-state index contributed by atoms with van der Waals surface area (Å²) < 4.78 is 62.7. The maximum absolute atomic E-state index is 15.5. The van der Waals surface area contributed by atoms with Gasteiger partial charge >= 0.3 is 0 Å². The maximum Gasteiger partial charge on any atom is 0.210 e. The van der Waals surface area contributed by atoms with Crippen molar-refractivity contribution in [1.82, 2.24) is 19.7 Å². The van der Waals surface area contributed by atoms with Crippen molar-refractivity contribution in [3.05, 3.63) is 48.4 Å². The quantitative estimate of drug-likeness (QED) is 0.111. The molecule has 0 bridgehead atoms. The van der Waals surface area contributed by atoms with E-state index in [1.807, 2.05) is 12.1 Å². The SMILES string of the molecule is CCCCCCCCCCCCOc1ccc(S(=O)(=O)c2cnc3ccc(S(C)=O)cc3c2N2CCC(N3CCC(N4CCN(CC)CC4)CC3)CC2)cc1F. The number of ether oxygens (including phenoxy) is 1. The number of halogens is 1. The van der Waals surface area contributed by atoms with Crippen LogP contribution in [0, 0.1) is 5.82 Å². The second kappa shape index (κ2) is 20.9. The van der Waals surface area contributed by atoms with Gasteiger partial charge in [-0.2, -0.15) is 0 Å². The molecule has 6 rings (SSSR count). The Morgan fingerprint density at radius 3 is 1.98 bits per heavy atom. The molecule has 12 heteroatoms. The zero-order valence-electron chi connectivity index (χ0n) is 34.2. The Balaban J connectivity index is 1.10. The zero-order valence-corrected chi connectivity index (χ0v) is 35.9. The number of piperazine rings is 1. The summed E-state index contributed by atoms with van der Waals surface area (Å²) in [6, 6.07) is 10.5. The Bertz CT molecular complexity index is 1840. The molecular weight excluding hydrogens is 746 g/mol. The van der Waals surface area contributed by atoms with E-state index < -0.39 is 26.5 Å². The fourth-order valence-electron chi connectivity index (χ4n) is 9.02. The molecule has 3 aliphatic heterocycles. The summed E-state index contributed by atoms with van der Waals surface area (Å²) >= 11 is 0. The highest BCUT2D eigenvalue weighted by Gasteiger charge is 2.34. The predicted molar refractivity (Wildman–Crippen MR) is 227 cm³/mol. The molecule has 56 heavy (non-hydrogen) atoms. The number of piperidine rings is 2. The molecule has 1 unspecified atom stereocenters. The van der Waals surface area contributed by atoms with E-state index in [2.05, 4.69) is 38.4 Å². The first-order valence-corrected chi connectivity index (χ1v) is 24.6. The Morgan fingerprint density at radius 2 is 1.38 bits per heavy atom. The summed E-state index contributed by atoms with van der Waals surface area (Å²) in [6.45, 7) is 14.2. The van der Waals surface area contributed by atoms with Gasteiger partial charge in [0.05, 0.1) is 22.7 Å². The van der Waals surface area contributed by atoms with Gasteiger partial charge in [-0.3, -0.25) is 14.1 Å². The van der Waals surface area contributed by atoms with Crippen LogP contribution in [0.1, 0.15) is 104 Å². The minimum Gasteiger partial charge on any atom is -0.491 e. The maximum atomic E-state index is 15.5. The summed E-state index contributed by atoms with van der Waals surface area (Å²) in [5.74, 6) is -0.623. The van der Waals surface area contributed by atoms with Crippen molar-refractivity contribution < 1.29 is 21.8 Å². The summed E-state index contributed by atoms with van der Waals surface area (Å²) in [4.78, 5) is 15.1. The monoisotopic (exact) mass is 811 g/mol. The van der Waals surface area contributed by atoms with Crippen molar-refractivity contribution in [3.63, 3.8) is 0 Å². The van der Waals surface area contributed by atoms with Crippen molar-refractivity contribution in [3.8, 4) is 5.75 Å². The van der Waals surface area contributed by atoms with Crippen molar-refractivity contribution >= 4 is 37.2 Å². The number of rotatable bonds is 19. The number of unbranched alkanes of at least 4 members (excludes halogenated alkanes) is 9. The second-order valence-corrected chi connectivity index (χ2v) is 19.5. The number of aromatic nitrogens is 1. The molecule has 3 saturated heterocycles. The fourth-order valence-corrected chi connectivity index (χ4v) is 11.0. The van der Waals surface area contributed by atoms with E-state index in [0.29, 0.717) is 53.3 Å². The lowest BCUT2D eigenvalue weighted by atomic mass is 9.96. The molecule has 0 saturated carbocycles. The highest BCUT2D eigenvalue weighted by atomic mass is 32.2. The van der Waals surface area contributed by atoms with Crippen LogP contribution in [0.25, 0.3) is 10.9 Å². The largest absolute Gasteiger partial charge is 0.491 e. The minimum atomic E-state index is -4.18. The van der Waals surface area contributed by atoms with Crippen molar-refractivity contribution in [2.24, 2.45) is 0 Å². The van der Waals surface area contributed by atoms with Gasteiger partial charge in [0.25, 0.3) is 0 Å². The molecule has 0 radical (unpaired) electrons. The van der Waals surface area contributed by atoms with Gasteiger partial charge in [0.1, 0.15) is 4.90 Å². The molecule has 2 aromatic carbocycles. The Labute approximate surface area is 338 Å². The lowest BCUT2D eigenvalue weighted by Crippen LogP contribution is -2.55. The van der Waals surface area contributed by atoms with Gasteiger partial charge in [-0.25, -0.2) is 12.8 Å². The Morgan fingerprint density at radius 1 is 0.768 bits per heavy atom. The molecule has 1 aromatic heterocycles. The number of anilines is 1. The molecule has 310 valence electrons. The zero-order chi connectivity index (χ0) is 39.5. The second-order valence-electron chi connectivity index (χ2n) is 16.2. The first-order chi connectivity index (χ1) is 27.2. The number of fused-ring (bicyclic) bond motifs is 1. The van der Waals surface area contributed by atoms with Gasteiger partial charge in [0, 0.05) is 84.9 Å². The van der Waals surface area contributed by atoms with Gasteiger partial charge in [0.15, 0.2) is 11.6 Å². The van der Waals surface area contributed by atoms with Crippen LogP contribution < -0.4 is 9.64 Å². The summed E-state index contributed by atoms with van der Waals surface area (Å²) in [5.41, 5.74) is 1.20. The molecule has 0 spiro atoms. The van der Waals surface area contributed by atoms with Crippen LogP contribution in [-0.4, -0.2) is 116 Å². The lowest BCUT2D eigenvalue weighted by Gasteiger charge is -2.46. The normalized spacial score (nSPS) is 19.2. The molecule has 3 aromatic rings. The topological polar surface area (TPSA) is 86.3 Å². The van der Waals surface area contributed by atoms with Gasteiger partial charge < -0.3 is 19.4 Å². The van der Waals surface area contributed by atoms with Crippen LogP contribution in [0.5, 0.6) is 5.75 Å². The molecule has 0 aliphatic carbocycles. The number of sulfone groups is 1. The van der Waals surface area contributed by atoms with Crippen LogP contribution in [0.2, 0.25) is 0 Å². The van der Waals surface area contributed by atoms with Gasteiger partial charge in [-0.05, 0) is 88.1 Å². The number of likely N-dealkylation sites (tertiary alicyclic amines) is 1. The third kappa shape index (κ3) is 10.9. The minimum absolute atomic E-state index is 0.0462. The molecule has 3 aliphatic rings. The van der Waals surface area contributed by atoms with E-state index in [4.69, 9.17) is 4.74 Å². The van der Waals surface area contributed by atoms with Crippen LogP contribution in [0.3, 0.4) is 0 Å². The molecule has 3 fully saturated rings. The van der Waals surface area contributed by atoms with E-state index in [1.165, 1.54) is 102 Å². The highest BCUT2D eigenvalue weighted by Crippen LogP contribution is 2.39. The summed E-state index contributed by atoms with van der Waals surface area (Å²) in [5, 5.41) is 0.651. The van der Waals surface area contributed by atoms with E-state index in [0.717, 1.165) is 57.8 Å². The van der Waals surface area contributed by atoms with Gasteiger partial charge in [0.2, 0.25) is 9.84 Å². The third-order valence-corrected chi connectivity index (χ3v) is 15.2. The molecule has 0 amide bonds. The fraction of sp³-hybridized carbons (Fsp3) is 0.659. The first kappa shape index (κ1) is 43.0. The van der Waals surface area contributed by atoms with Crippen LogP contribution in [0.4, 0.5) is 10.1 Å². The predicted octanol–water partition coefficient (Wildman–Crippen LogP) is 8.31. The lowest BCUT2D eigenvalue weighted by molar-refractivity contribution is 0.0449. The number of nitrogens with zero attached hydrogens (tertiary/aromatic N) is 5. The van der Waals surface area contributed by atoms with Crippen molar-refractivity contribution in [1.29, 1.82) is 0 Å². The summed E-state index contributed by atoms with van der Waals surface area (Å²) in [6.07, 6.45) is 19.3. The standard InChI is InChI=1S/C44H66FN5O4S2/c1-4-6-7-8-9-10-11-12-13-14-31-54-42-18-16-38(33-40(42)45)56(52,53)43-34-46-41-17-15-37(55(3)51)32-39(41)44(43)50-25-21-35(22-26-50)48-23-19-36(20-24-48)49-29-27-47(5-2)28-30-49/h15-18,32-36H,4-14,19-31H2,1-3H3. The average Bonchev–Trinajstić information content (AvgIpc) is 3.22. The molecule has 4 heterocycles. The summed E-state index contributed by atoms with van der Waals surface area (Å²) in [7, 11) is -5.44. The van der Waals surface area contributed by atoms with Gasteiger partial charge in [-0.1, -0.05) is 71.6 Å². The number of hydrogen-bond acceptors (Lipinski definition) is 9. The average molecular weight is 812 g/mol. The van der Waals surface area contributed by atoms with Crippen LogP contribution >= 0.6 is 0 Å². The molecule has 9 nitrogen and oxygen atoms in total. The van der Waals surface area contributed by atoms with Crippen LogP contribution in [-0.2, 0) is 20.6 Å². The van der Waals surface area contributed by atoms with E-state index in [9.17, 15) is 12.6 Å². The van der Waals surface area contributed by atoms with Crippen molar-refractivity contribution in [2.75, 3.05) is 76.7 Å². The number of pyridine rings is 1. The Kier molecular flexibility index (Phi) is 16.0. The van der Waals surface area contributed by atoms with E-state index >= 15 is 4.39 Å².